The second-order valence-corrected chi connectivity index (χ2v) is 5.14. The number of nitrogens with zero attached hydrogens (tertiary/aromatic N) is 2. The van der Waals surface area contributed by atoms with E-state index >= 15 is 0 Å². The maximum Gasteiger partial charge on any atom is 0.255 e. The van der Waals surface area contributed by atoms with Crippen LogP contribution in [-0.4, -0.2) is 34.0 Å². The van der Waals surface area contributed by atoms with Gasteiger partial charge >= 0.3 is 0 Å². The van der Waals surface area contributed by atoms with Crippen molar-refractivity contribution in [2.75, 3.05) is 13.2 Å². The van der Waals surface area contributed by atoms with Crippen LogP contribution in [0.3, 0.4) is 0 Å². The lowest BCUT2D eigenvalue weighted by molar-refractivity contribution is 0.0731. The Bertz CT molecular complexity index is 637. The maximum absolute atomic E-state index is 13.5. The summed E-state index contributed by atoms with van der Waals surface area (Å²) in [6.07, 6.45) is 3.71. The number of carbonyl (C=O) groups excluding carboxylic acids is 1. The van der Waals surface area contributed by atoms with Gasteiger partial charge in [-0.15, -0.1) is 0 Å². The highest BCUT2D eigenvalue weighted by atomic mass is 35.5. The molecule has 116 valence electrons. The lowest BCUT2D eigenvalue weighted by Gasteiger charge is -2.23. The molecule has 0 aliphatic carbocycles. The molecule has 1 aromatic carbocycles. The molecule has 22 heavy (non-hydrogen) atoms. The van der Waals surface area contributed by atoms with E-state index < -0.39 is 5.82 Å². The molecular formula is C16H16ClFN2O2. The molecule has 1 N–H and O–H groups in total. The topological polar surface area (TPSA) is 53.4 Å². The highest BCUT2D eigenvalue weighted by Gasteiger charge is 2.20. The van der Waals surface area contributed by atoms with E-state index in [2.05, 4.69) is 4.98 Å². The number of hydrogen-bond acceptors (Lipinski definition) is 3. The van der Waals surface area contributed by atoms with Gasteiger partial charge in [0.2, 0.25) is 0 Å². The summed E-state index contributed by atoms with van der Waals surface area (Å²) < 4.78 is 13.5. The molecule has 2 rings (SSSR count). The molecule has 0 aliphatic rings. The number of pyridine rings is 1. The molecule has 1 heterocycles. The van der Waals surface area contributed by atoms with Crippen LogP contribution in [0.1, 0.15) is 22.3 Å². The van der Waals surface area contributed by atoms with Crippen LogP contribution in [-0.2, 0) is 6.54 Å². The number of hydrogen-bond donors (Lipinski definition) is 1. The number of aliphatic hydroxyl groups excluding tert-OH is 1. The van der Waals surface area contributed by atoms with E-state index in [1.165, 1.54) is 23.1 Å². The first kappa shape index (κ1) is 16.4. The number of amides is 1. The largest absolute Gasteiger partial charge is 0.396 e. The molecule has 1 aromatic heterocycles. The van der Waals surface area contributed by atoms with Crippen LogP contribution >= 0.6 is 11.6 Å². The zero-order valence-corrected chi connectivity index (χ0v) is 12.6. The van der Waals surface area contributed by atoms with Crippen LogP contribution < -0.4 is 0 Å². The van der Waals surface area contributed by atoms with Crippen molar-refractivity contribution in [2.24, 2.45) is 0 Å². The highest BCUT2D eigenvalue weighted by molar-refractivity contribution is 6.34. The van der Waals surface area contributed by atoms with E-state index in [-0.39, 0.29) is 23.1 Å². The summed E-state index contributed by atoms with van der Waals surface area (Å²) in [6, 6.07) is 7.75. The predicted octanol–water partition coefficient (Wildman–Crippen LogP) is 2.90. The average Bonchev–Trinajstić information content (AvgIpc) is 2.54. The first-order chi connectivity index (χ1) is 10.6. The highest BCUT2D eigenvalue weighted by Crippen LogP contribution is 2.22. The second kappa shape index (κ2) is 7.87. The van der Waals surface area contributed by atoms with Crippen molar-refractivity contribution < 1.29 is 14.3 Å². The van der Waals surface area contributed by atoms with Crippen molar-refractivity contribution in [1.82, 2.24) is 9.88 Å². The molecule has 0 saturated heterocycles. The van der Waals surface area contributed by atoms with E-state index in [4.69, 9.17) is 16.7 Å². The van der Waals surface area contributed by atoms with Gasteiger partial charge in [0.25, 0.3) is 5.91 Å². The molecule has 0 atom stereocenters. The van der Waals surface area contributed by atoms with Gasteiger partial charge in [-0.2, -0.15) is 0 Å². The molecule has 0 radical (unpaired) electrons. The van der Waals surface area contributed by atoms with Gasteiger partial charge in [0.1, 0.15) is 5.82 Å². The van der Waals surface area contributed by atoms with Crippen LogP contribution in [0.15, 0.2) is 42.7 Å². The Morgan fingerprint density at radius 3 is 2.68 bits per heavy atom. The van der Waals surface area contributed by atoms with Crippen LogP contribution in [0.2, 0.25) is 5.02 Å². The lowest BCUT2D eigenvalue weighted by atomic mass is 10.1. The molecule has 0 saturated carbocycles. The third kappa shape index (κ3) is 4.02. The monoisotopic (exact) mass is 322 g/mol. The first-order valence-electron chi connectivity index (χ1n) is 6.86. The summed E-state index contributed by atoms with van der Waals surface area (Å²) in [5, 5.41) is 8.81. The Kier molecular flexibility index (Phi) is 5.86. The molecule has 0 unspecified atom stereocenters. The molecule has 0 aliphatic heterocycles. The zero-order valence-electron chi connectivity index (χ0n) is 11.9. The second-order valence-electron chi connectivity index (χ2n) is 4.76. The van der Waals surface area contributed by atoms with Crippen molar-refractivity contribution in [2.45, 2.75) is 13.0 Å². The predicted molar refractivity (Wildman–Crippen MR) is 82.1 cm³/mol. The summed E-state index contributed by atoms with van der Waals surface area (Å²) in [6.45, 7) is 0.662. The van der Waals surface area contributed by atoms with Crippen LogP contribution in [0.5, 0.6) is 0 Å². The fourth-order valence-corrected chi connectivity index (χ4v) is 2.27. The Hall–Kier alpha value is -1.98. The zero-order chi connectivity index (χ0) is 15.9. The number of benzene rings is 1. The number of rotatable bonds is 6. The minimum Gasteiger partial charge on any atom is -0.396 e. The molecule has 0 spiro atoms. The molecule has 1 amide bonds. The molecule has 4 nitrogen and oxygen atoms in total. The number of carbonyl (C=O) groups is 1. The van der Waals surface area contributed by atoms with Gasteiger partial charge in [-0.1, -0.05) is 17.7 Å². The van der Waals surface area contributed by atoms with E-state index in [1.807, 2.05) is 0 Å². The van der Waals surface area contributed by atoms with E-state index in [1.54, 1.807) is 24.5 Å². The summed E-state index contributed by atoms with van der Waals surface area (Å²) in [7, 11) is 0. The quantitative estimate of drug-likeness (QED) is 0.889. The number of halogens is 2. The lowest BCUT2D eigenvalue weighted by Crippen LogP contribution is -2.32. The van der Waals surface area contributed by atoms with Gasteiger partial charge in [-0.3, -0.25) is 9.78 Å². The van der Waals surface area contributed by atoms with Crippen LogP contribution in [0.25, 0.3) is 0 Å². The van der Waals surface area contributed by atoms with E-state index in [9.17, 15) is 9.18 Å². The van der Waals surface area contributed by atoms with Crippen molar-refractivity contribution >= 4 is 17.5 Å². The van der Waals surface area contributed by atoms with Crippen LogP contribution in [0.4, 0.5) is 4.39 Å². The first-order valence-corrected chi connectivity index (χ1v) is 7.24. The van der Waals surface area contributed by atoms with E-state index in [0.29, 0.717) is 19.5 Å². The number of aliphatic hydroxyl groups is 1. The summed E-state index contributed by atoms with van der Waals surface area (Å²) in [5.74, 6) is -0.992. The molecule has 6 heteroatoms. The minimum atomic E-state index is -0.626. The fourth-order valence-electron chi connectivity index (χ4n) is 2.06. The van der Waals surface area contributed by atoms with Crippen molar-refractivity contribution in [3.05, 3.63) is 64.7 Å². The van der Waals surface area contributed by atoms with Gasteiger partial charge < -0.3 is 10.0 Å². The SMILES string of the molecule is O=C(c1cccc(F)c1Cl)N(CCCO)Cc1ccncc1. The van der Waals surface area contributed by atoms with Gasteiger partial charge in [-0.05, 0) is 36.2 Å². The summed E-state index contributed by atoms with van der Waals surface area (Å²) >= 11 is 5.89. The maximum atomic E-state index is 13.5. The van der Waals surface area contributed by atoms with Gasteiger partial charge in [0.15, 0.2) is 0 Å². The Labute approximate surface area is 133 Å². The number of aromatic nitrogens is 1. The van der Waals surface area contributed by atoms with Gasteiger partial charge in [-0.25, -0.2) is 4.39 Å². The van der Waals surface area contributed by atoms with E-state index in [0.717, 1.165) is 5.56 Å². The fraction of sp³-hybridized carbons (Fsp3) is 0.250. The van der Waals surface area contributed by atoms with Crippen molar-refractivity contribution in [1.29, 1.82) is 0 Å². The third-order valence-corrected chi connectivity index (χ3v) is 3.56. The van der Waals surface area contributed by atoms with Crippen molar-refractivity contribution in [3.63, 3.8) is 0 Å². The smallest absolute Gasteiger partial charge is 0.255 e. The Balaban J connectivity index is 2.24. The molecule has 0 bridgehead atoms. The summed E-state index contributed by atoms with van der Waals surface area (Å²) in [5.41, 5.74) is 1.02. The average molecular weight is 323 g/mol. The van der Waals surface area contributed by atoms with Gasteiger partial charge in [0.05, 0.1) is 10.6 Å². The normalized spacial score (nSPS) is 10.5. The molecule has 0 fully saturated rings. The standard InChI is InChI=1S/C16H16ClFN2O2/c17-15-13(3-1-4-14(15)18)16(22)20(9-2-10-21)11-12-5-7-19-8-6-12/h1,3-8,21H,2,9-11H2. The van der Waals surface area contributed by atoms with Gasteiger partial charge in [0, 0.05) is 32.1 Å². The summed E-state index contributed by atoms with van der Waals surface area (Å²) in [4.78, 5) is 18.1. The Morgan fingerprint density at radius 2 is 2.00 bits per heavy atom. The molecular weight excluding hydrogens is 307 g/mol. The molecule has 2 aromatic rings. The Morgan fingerprint density at radius 1 is 1.27 bits per heavy atom. The minimum absolute atomic E-state index is 0.0307. The van der Waals surface area contributed by atoms with Crippen molar-refractivity contribution in [3.8, 4) is 0 Å². The third-order valence-electron chi connectivity index (χ3n) is 3.18. The van der Waals surface area contributed by atoms with Crippen LogP contribution in [0, 0.1) is 5.82 Å².